The Labute approximate surface area is 116 Å². The standard InChI is InChI=1S/C11H20F3NO4S/c1-8(2)6-9(10(16)17)7-15-20(18,19)5-3-4-11(12,13)14/h8-9,15H,3-7H2,1-2H3,(H,16,17). The lowest BCUT2D eigenvalue weighted by atomic mass is 9.98. The van der Waals surface area contributed by atoms with Crippen LogP contribution in [0.2, 0.25) is 0 Å². The highest BCUT2D eigenvalue weighted by Gasteiger charge is 2.28. The summed E-state index contributed by atoms with van der Waals surface area (Å²) in [6.07, 6.45) is -5.82. The van der Waals surface area contributed by atoms with Gasteiger partial charge in [0.25, 0.3) is 0 Å². The number of halogens is 3. The molecule has 0 heterocycles. The summed E-state index contributed by atoms with van der Waals surface area (Å²) in [5.74, 6) is -2.60. The van der Waals surface area contributed by atoms with Crippen molar-refractivity contribution in [3.8, 4) is 0 Å². The highest BCUT2D eigenvalue weighted by atomic mass is 32.2. The normalized spacial score (nSPS) is 14.5. The quantitative estimate of drug-likeness (QED) is 0.681. The smallest absolute Gasteiger partial charge is 0.389 e. The molecule has 0 fully saturated rings. The van der Waals surface area contributed by atoms with Crippen LogP contribution in [0.25, 0.3) is 0 Å². The van der Waals surface area contributed by atoms with Crippen LogP contribution < -0.4 is 4.72 Å². The molecule has 1 atom stereocenters. The Bertz CT molecular complexity index is 406. The van der Waals surface area contributed by atoms with Crippen LogP contribution >= 0.6 is 0 Å². The summed E-state index contributed by atoms with van der Waals surface area (Å²) in [7, 11) is -3.88. The molecular weight excluding hydrogens is 299 g/mol. The predicted octanol–water partition coefficient (Wildman–Crippen LogP) is 2.00. The molecule has 0 radical (unpaired) electrons. The summed E-state index contributed by atoms with van der Waals surface area (Å²) >= 11 is 0. The van der Waals surface area contributed by atoms with Crippen LogP contribution in [0.15, 0.2) is 0 Å². The molecule has 2 N–H and O–H groups in total. The zero-order chi connectivity index (χ0) is 16.0. The molecule has 0 aliphatic rings. The van der Waals surface area contributed by atoms with Gasteiger partial charge in [-0.3, -0.25) is 4.79 Å². The molecule has 120 valence electrons. The maximum Gasteiger partial charge on any atom is 0.389 e. The monoisotopic (exact) mass is 319 g/mol. The van der Waals surface area contributed by atoms with Gasteiger partial charge >= 0.3 is 12.1 Å². The lowest BCUT2D eigenvalue weighted by molar-refractivity contribution is -0.142. The molecule has 0 aliphatic heterocycles. The van der Waals surface area contributed by atoms with E-state index < -0.39 is 46.7 Å². The van der Waals surface area contributed by atoms with E-state index in [1.54, 1.807) is 13.8 Å². The molecule has 0 aromatic rings. The topological polar surface area (TPSA) is 83.5 Å². The Hall–Kier alpha value is -0.830. The van der Waals surface area contributed by atoms with Crippen LogP contribution in [0, 0.1) is 11.8 Å². The Morgan fingerprint density at radius 3 is 2.25 bits per heavy atom. The highest BCUT2D eigenvalue weighted by molar-refractivity contribution is 7.89. The van der Waals surface area contributed by atoms with Crippen molar-refractivity contribution in [2.24, 2.45) is 11.8 Å². The van der Waals surface area contributed by atoms with Crippen molar-refractivity contribution in [1.29, 1.82) is 0 Å². The van der Waals surface area contributed by atoms with E-state index in [1.807, 2.05) is 0 Å². The second-order valence-electron chi connectivity index (χ2n) is 5.05. The lowest BCUT2D eigenvalue weighted by Crippen LogP contribution is -2.35. The zero-order valence-corrected chi connectivity index (χ0v) is 12.2. The molecule has 0 aliphatic carbocycles. The molecule has 9 heteroatoms. The molecule has 5 nitrogen and oxygen atoms in total. The number of rotatable bonds is 9. The van der Waals surface area contributed by atoms with Gasteiger partial charge in [-0.25, -0.2) is 13.1 Å². The van der Waals surface area contributed by atoms with Gasteiger partial charge < -0.3 is 5.11 Å². The predicted molar refractivity (Wildman–Crippen MR) is 67.7 cm³/mol. The lowest BCUT2D eigenvalue weighted by Gasteiger charge is -2.15. The fourth-order valence-electron chi connectivity index (χ4n) is 1.60. The van der Waals surface area contributed by atoms with Crippen LogP contribution in [0.1, 0.15) is 33.1 Å². The molecule has 0 spiro atoms. The van der Waals surface area contributed by atoms with E-state index in [9.17, 15) is 26.4 Å². The first kappa shape index (κ1) is 19.2. The summed E-state index contributed by atoms with van der Waals surface area (Å²) in [6, 6.07) is 0. The minimum atomic E-state index is -4.39. The van der Waals surface area contributed by atoms with Gasteiger partial charge in [0.1, 0.15) is 0 Å². The van der Waals surface area contributed by atoms with E-state index in [2.05, 4.69) is 4.72 Å². The average molecular weight is 319 g/mol. The largest absolute Gasteiger partial charge is 0.481 e. The average Bonchev–Trinajstić information content (AvgIpc) is 2.21. The first-order valence-corrected chi connectivity index (χ1v) is 7.85. The van der Waals surface area contributed by atoms with Crippen molar-refractivity contribution in [3.05, 3.63) is 0 Å². The molecule has 0 bridgehead atoms. The van der Waals surface area contributed by atoms with Crippen molar-refractivity contribution >= 4 is 16.0 Å². The second-order valence-corrected chi connectivity index (χ2v) is 6.98. The van der Waals surface area contributed by atoms with Crippen LogP contribution in [-0.4, -0.2) is 38.0 Å². The molecule has 0 aromatic heterocycles. The van der Waals surface area contributed by atoms with Gasteiger partial charge in [-0.1, -0.05) is 13.8 Å². The third kappa shape index (κ3) is 10.0. The number of sulfonamides is 1. The van der Waals surface area contributed by atoms with Crippen LogP contribution in [0.5, 0.6) is 0 Å². The summed E-state index contributed by atoms with van der Waals surface area (Å²) in [5, 5.41) is 8.92. The highest BCUT2D eigenvalue weighted by Crippen LogP contribution is 2.21. The number of carboxylic acids is 1. The fraction of sp³-hybridized carbons (Fsp3) is 0.909. The zero-order valence-electron chi connectivity index (χ0n) is 11.4. The number of hydrogen-bond acceptors (Lipinski definition) is 3. The van der Waals surface area contributed by atoms with Crippen molar-refractivity contribution in [2.45, 2.75) is 39.3 Å². The van der Waals surface area contributed by atoms with E-state index in [4.69, 9.17) is 5.11 Å². The van der Waals surface area contributed by atoms with Gasteiger partial charge in [0.15, 0.2) is 0 Å². The SMILES string of the molecule is CC(C)CC(CNS(=O)(=O)CCCC(F)(F)F)C(=O)O. The number of carboxylic acid groups (broad SMARTS) is 1. The van der Waals surface area contributed by atoms with Crippen LogP contribution in [0.4, 0.5) is 13.2 Å². The number of nitrogens with one attached hydrogen (secondary N) is 1. The van der Waals surface area contributed by atoms with Gasteiger partial charge in [0, 0.05) is 13.0 Å². The first-order chi connectivity index (χ1) is 8.93. The van der Waals surface area contributed by atoms with E-state index >= 15 is 0 Å². The number of aliphatic carboxylic acids is 1. The maximum atomic E-state index is 11.9. The van der Waals surface area contributed by atoms with Crippen molar-refractivity contribution in [3.63, 3.8) is 0 Å². The van der Waals surface area contributed by atoms with Gasteiger partial charge in [-0.05, 0) is 18.8 Å². The molecule has 0 saturated carbocycles. The summed E-state index contributed by atoms with van der Waals surface area (Å²) in [4.78, 5) is 10.9. The summed E-state index contributed by atoms with van der Waals surface area (Å²) < 4.78 is 60.7. The molecule has 0 saturated heterocycles. The van der Waals surface area contributed by atoms with Crippen molar-refractivity contribution in [2.75, 3.05) is 12.3 Å². The third-order valence-electron chi connectivity index (χ3n) is 2.53. The Balaban J connectivity index is 4.28. The number of alkyl halides is 3. The molecule has 0 rings (SSSR count). The minimum absolute atomic E-state index is 0.0748. The minimum Gasteiger partial charge on any atom is -0.481 e. The first-order valence-electron chi connectivity index (χ1n) is 6.20. The van der Waals surface area contributed by atoms with E-state index in [-0.39, 0.29) is 12.5 Å². The third-order valence-corrected chi connectivity index (χ3v) is 3.96. The molecule has 0 aromatic carbocycles. The van der Waals surface area contributed by atoms with Gasteiger partial charge in [0.05, 0.1) is 11.7 Å². The van der Waals surface area contributed by atoms with E-state index in [0.717, 1.165) is 0 Å². The Morgan fingerprint density at radius 2 is 1.85 bits per heavy atom. The Morgan fingerprint density at radius 1 is 1.30 bits per heavy atom. The molecule has 1 unspecified atom stereocenters. The number of carbonyl (C=O) groups is 1. The summed E-state index contributed by atoms with van der Waals surface area (Å²) in [6.45, 7) is 3.30. The molecule has 0 amide bonds. The van der Waals surface area contributed by atoms with E-state index in [0.29, 0.717) is 6.42 Å². The van der Waals surface area contributed by atoms with Crippen molar-refractivity contribution in [1.82, 2.24) is 4.72 Å². The molecule has 20 heavy (non-hydrogen) atoms. The van der Waals surface area contributed by atoms with Crippen LogP contribution in [-0.2, 0) is 14.8 Å². The van der Waals surface area contributed by atoms with Gasteiger partial charge in [0.2, 0.25) is 10.0 Å². The van der Waals surface area contributed by atoms with Gasteiger partial charge in [-0.15, -0.1) is 0 Å². The van der Waals surface area contributed by atoms with Gasteiger partial charge in [-0.2, -0.15) is 13.2 Å². The Kier molecular flexibility index (Phi) is 7.50. The number of hydrogen-bond donors (Lipinski definition) is 2. The summed E-state index contributed by atoms with van der Waals surface area (Å²) in [5.41, 5.74) is 0. The van der Waals surface area contributed by atoms with Crippen molar-refractivity contribution < 1.29 is 31.5 Å². The fourth-order valence-corrected chi connectivity index (χ4v) is 2.73. The van der Waals surface area contributed by atoms with E-state index in [1.165, 1.54) is 0 Å². The van der Waals surface area contributed by atoms with Crippen LogP contribution in [0.3, 0.4) is 0 Å². The second kappa shape index (κ2) is 7.82. The maximum absolute atomic E-state index is 11.9. The molecular formula is C11H20F3NO4S.